The molecule has 2 heterocycles. The Labute approximate surface area is 99.3 Å². The molecule has 0 fully saturated rings. The number of thiazole rings is 1. The normalized spacial score (nSPS) is 11.2. The molecule has 0 aliphatic rings. The van der Waals surface area contributed by atoms with Crippen molar-refractivity contribution in [3.63, 3.8) is 0 Å². The van der Waals surface area contributed by atoms with Gasteiger partial charge in [-0.3, -0.25) is 4.68 Å². The molecule has 2 aromatic rings. The Morgan fingerprint density at radius 3 is 3.06 bits per heavy atom. The Hall–Kier alpha value is -1.20. The van der Waals surface area contributed by atoms with Gasteiger partial charge in [0.15, 0.2) is 0 Å². The second kappa shape index (κ2) is 5.23. The monoisotopic (exact) mass is 236 g/mol. The van der Waals surface area contributed by atoms with Crippen LogP contribution in [0.4, 0.5) is 0 Å². The first-order chi connectivity index (χ1) is 7.74. The summed E-state index contributed by atoms with van der Waals surface area (Å²) in [4.78, 5) is 4.24. The van der Waals surface area contributed by atoms with Crippen molar-refractivity contribution in [1.82, 2.24) is 20.1 Å². The van der Waals surface area contributed by atoms with Crippen LogP contribution in [0.2, 0.25) is 0 Å². The molecule has 0 atom stereocenters. The standard InChI is InChI=1S/C11H16N4S/c1-9(2)13-5-10-6-14-15(7-10)8-11-12-3-4-16-11/h3-4,6-7,9,13H,5,8H2,1-2H3. The topological polar surface area (TPSA) is 42.7 Å². The van der Waals surface area contributed by atoms with Crippen molar-refractivity contribution in [3.05, 3.63) is 34.5 Å². The van der Waals surface area contributed by atoms with Crippen LogP contribution in [0.15, 0.2) is 24.0 Å². The summed E-state index contributed by atoms with van der Waals surface area (Å²) in [6, 6.07) is 0.502. The molecular weight excluding hydrogens is 220 g/mol. The predicted octanol–water partition coefficient (Wildman–Crippen LogP) is 1.89. The number of hydrogen-bond acceptors (Lipinski definition) is 4. The van der Waals surface area contributed by atoms with Crippen molar-refractivity contribution in [1.29, 1.82) is 0 Å². The van der Waals surface area contributed by atoms with Gasteiger partial charge >= 0.3 is 0 Å². The fourth-order valence-electron chi connectivity index (χ4n) is 1.38. The number of hydrogen-bond donors (Lipinski definition) is 1. The van der Waals surface area contributed by atoms with Crippen LogP contribution in [0.1, 0.15) is 24.4 Å². The second-order valence-electron chi connectivity index (χ2n) is 4.01. The zero-order valence-electron chi connectivity index (χ0n) is 9.55. The van der Waals surface area contributed by atoms with Crippen LogP contribution >= 0.6 is 11.3 Å². The largest absolute Gasteiger partial charge is 0.310 e. The van der Waals surface area contributed by atoms with Crippen molar-refractivity contribution in [3.8, 4) is 0 Å². The van der Waals surface area contributed by atoms with Crippen LogP contribution in [0, 0.1) is 0 Å². The lowest BCUT2D eigenvalue weighted by molar-refractivity contribution is 0.588. The molecule has 0 aromatic carbocycles. The molecule has 2 rings (SSSR count). The molecule has 1 N–H and O–H groups in total. The first-order valence-electron chi connectivity index (χ1n) is 5.37. The van der Waals surface area contributed by atoms with Crippen LogP contribution in [0.3, 0.4) is 0 Å². The van der Waals surface area contributed by atoms with Crippen molar-refractivity contribution >= 4 is 11.3 Å². The average molecular weight is 236 g/mol. The summed E-state index contributed by atoms with van der Waals surface area (Å²) in [7, 11) is 0. The van der Waals surface area contributed by atoms with Gasteiger partial charge in [-0.05, 0) is 0 Å². The fraction of sp³-hybridized carbons (Fsp3) is 0.455. The Morgan fingerprint density at radius 2 is 2.38 bits per heavy atom. The van der Waals surface area contributed by atoms with Crippen LogP contribution in [-0.2, 0) is 13.1 Å². The quantitative estimate of drug-likeness (QED) is 0.862. The second-order valence-corrected chi connectivity index (χ2v) is 4.99. The van der Waals surface area contributed by atoms with E-state index in [0.717, 1.165) is 18.1 Å². The number of nitrogens with zero attached hydrogens (tertiary/aromatic N) is 3. The van der Waals surface area contributed by atoms with Gasteiger partial charge in [0.05, 0.1) is 12.7 Å². The molecule has 0 aliphatic carbocycles. The maximum Gasteiger partial charge on any atom is 0.114 e. The molecule has 0 amide bonds. The fourth-order valence-corrected chi connectivity index (χ4v) is 1.98. The van der Waals surface area contributed by atoms with Crippen LogP contribution < -0.4 is 5.32 Å². The van der Waals surface area contributed by atoms with Gasteiger partial charge in [0.2, 0.25) is 0 Å². The van der Waals surface area contributed by atoms with E-state index in [9.17, 15) is 0 Å². The van der Waals surface area contributed by atoms with Gasteiger partial charge in [-0.15, -0.1) is 11.3 Å². The van der Waals surface area contributed by atoms with E-state index in [4.69, 9.17) is 0 Å². The third-order valence-corrected chi connectivity index (χ3v) is 2.95. The van der Waals surface area contributed by atoms with Crippen molar-refractivity contribution in [2.24, 2.45) is 0 Å². The van der Waals surface area contributed by atoms with E-state index in [0.29, 0.717) is 6.04 Å². The highest BCUT2D eigenvalue weighted by Crippen LogP contribution is 2.07. The molecule has 0 saturated heterocycles. The average Bonchev–Trinajstić information content (AvgIpc) is 2.87. The lowest BCUT2D eigenvalue weighted by Crippen LogP contribution is -2.21. The van der Waals surface area contributed by atoms with E-state index in [1.807, 2.05) is 22.5 Å². The molecule has 0 spiro atoms. The zero-order valence-corrected chi connectivity index (χ0v) is 10.4. The summed E-state index contributed by atoms with van der Waals surface area (Å²) < 4.78 is 1.93. The number of nitrogens with one attached hydrogen (secondary N) is 1. The number of aromatic nitrogens is 3. The summed E-state index contributed by atoms with van der Waals surface area (Å²) in [6.45, 7) is 5.91. The van der Waals surface area contributed by atoms with Crippen LogP contribution in [-0.4, -0.2) is 20.8 Å². The highest BCUT2D eigenvalue weighted by atomic mass is 32.1. The summed E-state index contributed by atoms with van der Waals surface area (Å²) >= 11 is 1.66. The van der Waals surface area contributed by atoms with Gasteiger partial charge in [-0.2, -0.15) is 5.10 Å². The smallest absolute Gasteiger partial charge is 0.114 e. The van der Waals surface area contributed by atoms with Gasteiger partial charge < -0.3 is 5.32 Å². The van der Waals surface area contributed by atoms with E-state index in [1.165, 1.54) is 5.56 Å². The zero-order chi connectivity index (χ0) is 11.4. The summed E-state index contributed by atoms with van der Waals surface area (Å²) in [5.41, 5.74) is 1.21. The summed E-state index contributed by atoms with van der Waals surface area (Å²) in [5.74, 6) is 0. The van der Waals surface area contributed by atoms with E-state index < -0.39 is 0 Å². The minimum atomic E-state index is 0.502. The van der Waals surface area contributed by atoms with Crippen LogP contribution in [0.25, 0.3) is 0 Å². The number of rotatable bonds is 5. The van der Waals surface area contributed by atoms with Crippen molar-refractivity contribution < 1.29 is 0 Å². The lowest BCUT2D eigenvalue weighted by atomic mass is 10.3. The summed E-state index contributed by atoms with van der Waals surface area (Å²) in [5, 5.41) is 10.8. The van der Waals surface area contributed by atoms with E-state index in [2.05, 4.69) is 35.4 Å². The van der Waals surface area contributed by atoms with Crippen molar-refractivity contribution in [2.45, 2.75) is 33.0 Å². The third kappa shape index (κ3) is 3.15. The minimum absolute atomic E-state index is 0.502. The maximum atomic E-state index is 4.31. The molecule has 5 heteroatoms. The van der Waals surface area contributed by atoms with Gasteiger partial charge in [0, 0.05) is 35.9 Å². The Bertz CT molecular complexity index is 419. The first-order valence-corrected chi connectivity index (χ1v) is 6.25. The molecule has 2 aromatic heterocycles. The molecule has 86 valence electrons. The SMILES string of the molecule is CC(C)NCc1cnn(Cc2nccs2)c1. The highest BCUT2D eigenvalue weighted by Gasteiger charge is 2.01. The third-order valence-electron chi connectivity index (χ3n) is 2.18. The predicted molar refractivity (Wildman–Crippen MR) is 65.4 cm³/mol. The van der Waals surface area contributed by atoms with Gasteiger partial charge in [0.1, 0.15) is 5.01 Å². The lowest BCUT2D eigenvalue weighted by Gasteiger charge is -2.05. The molecule has 0 bridgehead atoms. The van der Waals surface area contributed by atoms with Gasteiger partial charge in [0.25, 0.3) is 0 Å². The molecule has 0 aliphatic heterocycles. The summed E-state index contributed by atoms with van der Waals surface area (Å²) in [6.07, 6.45) is 5.80. The molecule has 16 heavy (non-hydrogen) atoms. The first kappa shape index (κ1) is 11.3. The Morgan fingerprint density at radius 1 is 1.50 bits per heavy atom. The van der Waals surface area contributed by atoms with Crippen molar-refractivity contribution in [2.75, 3.05) is 0 Å². The Kier molecular flexibility index (Phi) is 3.69. The molecular formula is C11H16N4S. The Balaban J connectivity index is 1.92. The molecule has 4 nitrogen and oxygen atoms in total. The minimum Gasteiger partial charge on any atom is -0.310 e. The highest BCUT2D eigenvalue weighted by molar-refractivity contribution is 7.09. The van der Waals surface area contributed by atoms with Gasteiger partial charge in [-0.1, -0.05) is 13.8 Å². The van der Waals surface area contributed by atoms with Gasteiger partial charge in [-0.25, -0.2) is 4.98 Å². The molecule has 0 unspecified atom stereocenters. The van der Waals surface area contributed by atoms with Crippen LogP contribution in [0.5, 0.6) is 0 Å². The van der Waals surface area contributed by atoms with E-state index in [1.54, 1.807) is 11.3 Å². The maximum absolute atomic E-state index is 4.31. The molecule has 0 radical (unpaired) electrons. The van der Waals surface area contributed by atoms with E-state index >= 15 is 0 Å². The molecule has 0 saturated carbocycles. The van der Waals surface area contributed by atoms with E-state index in [-0.39, 0.29) is 0 Å².